The van der Waals surface area contributed by atoms with Gasteiger partial charge in [-0.1, -0.05) is 11.8 Å². The molecule has 0 radical (unpaired) electrons. The monoisotopic (exact) mass is 414 g/mol. The molecule has 4 rings (SSSR count). The zero-order valence-electron chi connectivity index (χ0n) is 16.8. The number of aromatic nitrogens is 4. The molecule has 1 atom stereocenters. The van der Waals surface area contributed by atoms with E-state index in [9.17, 15) is 9.59 Å². The zero-order valence-corrected chi connectivity index (χ0v) is 17.6. The van der Waals surface area contributed by atoms with Gasteiger partial charge in [-0.15, -0.1) is 5.10 Å². The standard InChI is InChI=1S/C20H26N6O2S/c1-13-11-15(19(28)25-10-4-3-5-14(25)2)6-9-17(13)21-18(27)12-29-20-22-23-24-26(20)16-7-8-16/h6,9,11,14,16H,3-5,7-8,10,12H2,1-2H3,(H,21,27). The van der Waals surface area contributed by atoms with Crippen molar-refractivity contribution >= 4 is 29.3 Å². The van der Waals surface area contributed by atoms with E-state index < -0.39 is 0 Å². The molecule has 1 saturated carbocycles. The van der Waals surface area contributed by atoms with Crippen LogP contribution in [0.4, 0.5) is 5.69 Å². The van der Waals surface area contributed by atoms with Gasteiger partial charge in [-0.2, -0.15) is 0 Å². The zero-order chi connectivity index (χ0) is 20.4. The SMILES string of the molecule is Cc1cc(C(=O)N2CCCCC2C)ccc1NC(=O)CSc1nnnn1C1CC1. The number of hydrogen-bond acceptors (Lipinski definition) is 6. The predicted octanol–water partition coefficient (Wildman–Crippen LogP) is 3.06. The number of amides is 2. The molecule has 1 aliphatic carbocycles. The first-order valence-electron chi connectivity index (χ1n) is 10.1. The summed E-state index contributed by atoms with van der Waals surface area (Å²) in [5, 5.41) is 15.3. The van der Waals surface area contributed by atoms with Gasteiger partial charge in [-0.05, 0) is 80.1 Å². The number of nitrogens with zero attached hydrogens (tertiary/aromatic N) is 5. The molecule has 2 amide bonds. The Bertz CT molecular complexity index is 910. The largest absolute Gasteiger partial charge is 0.336 e. The van der Waals surface area contributed by atoms with Crippen LogP contribution < -0.4 is 5.32 Å². The second-order valence-electron chi connectivity index (χ2n) is 7.85. The van der Waals surface area contributed by atoms with Gasteiger partial charge in [0.1, 0.15) is 0 Å². The first kappa shape index (κ1) is 19.9. The summed E-state index contributed by atoms with van der Waals surface area (Å²) in [7, 11) is 0. The molecule has 2 aliphatic rings. The topological polar surface area (TPSA) is 93.0 Å². The van der Waals surface area contributed by atoms with Crippen LogP contribution >= 0.6 is 11.8 Å². The number of aryl methyl sites for hydroxylation is 1. The Morgan fingerprint density at radius 2 is 2.07 bits per heavy atom. The fourth-order valence-electron chi connectivity index (χ4n) is 3.65. The van der Waals surface area contributed by atoms with Gasteiger partial charge in [0.2, 0.25) is 11.1 Å². The molecule has 1 aromatic heterocycles. The van der Waals surface area contributed by atoms with Crippen molar-refractivity contribution in [2.45, 2.75) is 63.2 Å². The summed E-state index contributed by atoms with van der Waals surface area (Å²) >= 11 is 1.34. The van der Waals surface area contributed by atoms with E-state index in [1.165, 1.54) is 18.2 Å². The number of tetrazole rings is 1. The molecule has 2 aromatic rings. The summed E-state index contributed by atoms with van der Waals surface area (Å²) in [6.45, 7) is 4.83. The normalized spacial score (nSPS) is 19.2. The third-order valence-corrected chi connectivity index (χ3v) is 6.43. The summed E-state index contributed by atoms with van der Waals surface area (Å²) in [5.74, 6) is 0.186. The van der Waals surface area contributed by atoms with Crippen molar-refractivity contribution < 1.29 is 9.59 Å². The summed E-state index contributed by atoms with van der Waals surface area (Å²) in [5.41, 5.74) is 2.27. The van der Waals surface area contributed by atoms with Gasteiger partial charge >= 0.3 is 0 Å². The maximum absolute atomic E-state index is 12.8. The van der Waals surface area contributed by atoms with Gasteiger partial charge in [-0.25, -0.2) is 4.68 Å². The third-order valence-electron chi connectivity index (χ3n) is 5.50. The molecule has 9 heteroatoms. The average molecular weight is 415 g/mol. The van der Waals surface area contributed by atoms with E-state index in [1.54, 1.807) is 10.7 Å². The minimum atomic E-state index is -0.118. The van der Waals surface area contributed by atoms with Crippen LogP contribution in [-0.4, -0.2) is 55.3 Å². The molecule has 2 fully saturated rings. The van der Waals surface area contributed by atoms with Crippen LogP contribution in [0, 0.1) is 6.92 Å². The maximum atomic E-state index is 12.8. The molecule has 0 spiro atoms. The molecule has 1 aromatic carbocycles. The summed E-state index contributed by atoms with van der Waals surface area (Å²) < 4.78 is 1.80. The van der Waals surface area contributed by atoms with Gasteiger partial charge in [0, 0.05) is 23.8 Å². The van der Waals surface area contributed by atoms with Crippen LogP contribution in [0.3, 0.4) is 0 Å². The number of carbonyl (C=O) groups is 2. The summed E-state index contributed by atoms with van der Waals surface area (Å²) in [6, 6.07) is 6.13. The van der Waals surface area contributed by atoms with E-state index in [0.717, 1.165) is 43.5 Å². The van der Waals surface area contributed by atoms with E-state index in [0.29, 0.717) is 16.8 Å². The lowest BCUT2D eigenvalue weighted by Gasteiger charge is -2.33. The molecular weight excluding hydrogens is 388 g/mol. The first-order chi connectivity index (χ1) is 14.0. The number of carbonyl (C=O) groups excluding carboxylic acids is 2. The molecule has 0 bridgehead atoms. The third kappa shape index (κ3) is 4.60. The lowest BCUT2D eigenvalue weighted by molar-refractivity contribution is -0.113. The van der Waals surface area contributed by atoms with E-state index in [2.05, 4.69) is 27.8 Å². The number of likely N-dealkylation sites (tertiary alicyclic amines) is 1. The lowest BCUT2D eigenvalue weighted by atomic mass is 10.0. The van der Waals surface area contributed by atoms with E-state index >= 15 is 0 Å². The lowest BCUT2D eigenvalue weighted by Crippen LogP contribution is -2.42. The van der Waals surface area contributed by atoms with Gasteiger partial charge < -0.3 is 10.2 Å². The Kier molecular flexibility index (Phi) is 5.84. The van der Waals surface area contributed by atoms with Gasteiger partial charge in [-0.3, -0.25) is 9.59 Å². The summed E-state index contributed by atoms with van der Waals surface area (Å²) in [6.07, 6.45) is 5.47. The average Bonchev–Trinajstić information content (AvgIpc) is 3.45. The highest BCUT2D eigenvalue weighted by Gasteiger charge is 2.28. The van der Waals surface area contributed by atoms with Crippen molar-refractivity contribution in [3.63, 3.8) is 0 Å². The molecule has 8 nitrogen and oxygen atoms in total. The highest BCUT2D eigenvalue weighted by atomic mass is 32.2. The molecule has 2 heterocycles. The summed E-state index contributed by atoms with van der Waals surface area (Å²) in [4.78, 5) is 27.2. The van der Waals surface area contributed by atoms with E-state index in [1.807, 2.05) is 24.0 Å². The second-order valence-corrected chi connectivity index (χ2v) is 8.79. The molecule has 29 heavy (non-hydrogen) atoms. The quantitative estimate of drug-likeness (QED) is 0.730. The van der Waals surface area contributed by atoms with Crippen LogP contribution in [0.5, 0.6) is 0 Å². The van der Waals surface area contributed by atoms with Crippen LogP contribution in [0.15, 0.2) is 23.4 Å². The molecule has 1 N–H and O–H groups in total. The highest BCUT2D eigenvalue weighted by molar-refractivity contribution is 7.99. The number of thioether (sulfide) groups is 1. The van der Waals surface area contributed by atoms with Gasteiger partial charge in [0.05, 0.1) is 11.8 Å². The van der Waals surface area contributed by atoms with E-state index in [-0.39, 0.29) is 23.6 Å². The van der Waals surface area contributed by atoms with E-state index in [4.69, 9.17) is 0 Å². The smallest absolute Gasteiger partial charge is 0.254 e. The molecule has 1 unspecified atom stereocenters. The van der Waals surface area contributed by atoms with Crippen LogP contribution in [0.2, 0.25) is 0 Å². The number of benzene rings is 1. The second kappa shape index (κ2) is 8.52. The van der Waals surface area contributed by atoms with Crippen LogP contribution in [0.1, 0.15) is 61.0 Å². The molecule has 1 aliphatic heterocycles. The van der Waals surface area contributed by atoms with Crippen LogP contribution in [-0.2, 0) is 4.79 Å². The Morgan fingerprint density at radius 3 is 2.79 bits per heavy atom. The Balaban J connectivity index is 1.35. The number of hydrogen-bond donors (Lipinski definition) is 1. The number of rotatable bonds is 6. The van der Waals surface area contributed by atoms with Crippen molar-refractivity contribution in [1.82, 2.24) is 25.1 Å². The highest BCUT2D eigenvalue weighted by Crippen LogP contribution is 2.36. The number of nitrogens with one attached hydrogen (secondary N) is 1. The number of anilines is 1. The van der Waals surface area contributed by atoms with Gasteiger partial charge in [0.15, 0.2) is 0 Å². The molecular formula is C20H26N6O2S. The minimum absolute atomic E-state index is 0.0700. The Labute approximate surface area is 174 Å². The predicted molar refractivity (Wildman–Crippen MR) is 111 cm³/mol. The first-order valence-corrected chi connectivity index (χ1v) is 11.1. The molecule has 1 saturated heterocycles. The Morgan fingerprint density at radius 1 is 1.24 bits per heavy atom. The van der Waals surface area contributed by atoms with Crippen molar-refractivity contribution in [2.75, 3.05) is 17.6 Å². The maximum Gasteiger partial charge on any atom is 0.254 e. The Hall–Kier alpha value is -2.42. The van der Waals surface area contributed by atoms with Crippen molar-refractivity contribution in [3.8, 4) is 0 Å². The van der Waals surface area contributed by atoms with Crippen molar-refractivity contribution in [1.29, 1.82) is 0 Å². The number of piperidine rings is 1. The van der Waals surface area contributed by atoms with Crippen molar-refractivity contribution in [2.24, 2.45) is 0 Å². The molecule has 154 valence electrons. The minimum Gasteiger partial charge on any atom is -0.336 e. The van der Waals surface area contributed by atoms with Gasteiger partial charge in [0.25, 0.3) is 5.91 Å². The van der Waals surface area contributed by atoms with Crippen molar-refractivity contribution in [3.05, 3.63) is 29.3 Å². The fraction of sp³-hybridized carbons (Fsp3) is 0.550. The van der Waals surface area contributed by atoms with Crippen LogP contribution in [0.25, 0.3) is 0 Å². The fourth-order valence-corrected chi connectivity index (χ4v) is 4.39.